The summed E-state index contributed by atoms with van der Waals surface area (Å²) in [5.41, 5.74) is 4.12. The summed E-state index contributed by atoms with van der Waals surface area (Å²) in [6, 6.07) is 0.253. The SMILES string of the molecule is CC(C)=CC(CC1CCCCO1)NN. The van der Waals surface area contributed by atoms with Crippen LogP contribution in [-0.4, -0.2) is 18.8 Å². The topological polar surface area (TPSA) is 47.3 Å². The van der Waals surface area contributed by atoms with E-state index in [0.29, 0.717) is 6.10 Å². The molecule has 2 unspecified atom stereocenters. The van der Waals surface area contributed by atoms with Gasteiger partial charge in [-0.05, 0) is 39.5 Å². The minimum Gasteiger partial charge on any atom is -0.378 e. The number of ether oxygens (including phenoxy) is 1. The molecule has 3 N–H and O–H groups in total. The van der Waals surface area contributed by atoms with Gasteiger partial charge in [-0.15, -0.1) is 0 Å². The third-order valence-electron chi connectivity index (χ3n) is 2.54. The Labute approximate surface area is 86.7 Å². The van der Waals surface area contributed by atoms with Crippen molar-refractivity contribution in [2.45, 2.75) is 51.7 Å². The minimum absolute atomic E-state index is 0.253. The number of hydrazine groups is 1. The van der Waals surface area contributed by atoms with Crippen molar-refractivity contribution in [3.8, 4) is 0 Å². The molecule has 0 bridgehead atoms. The third kappa shape index (κ3) is 4.22. The van der Waals surface area contributed by atoms with Crippen molar-refractivity contribution < 1.29 is 4.74 Å². The van der Waals surface area contributed by atoms with E-state index < -0.39 is 0 Å². The van der Waals surface area contributed by atoms with E-state index in [1.54, 1.807) is 0 Å². The molecule has 2 atom stereocenters. The van der Waals surface area contributed by atoms with Gasteiger partial charge >= 0.3 is 0 Å². The Morgan fingerprint density at radius 1 is 1.57 bits per heavy atom. The van der Waals surface area contributed by atoms with Crippen molar-refractivity contribution in [3.05, 3.63) is 11.6 Å². The van der Waals surface area contributed by atoms with Crippen molar-refractivity contribution in [2.75, 3.05) is 6.61 Å². The smallest absolute Gasteiger partial charge is 0.0593 e. The Morgan fingerprint density at radius 3 is 2.86 bits per heavy atom. The Balaban J connectivity index is 2.35. The van der Waals surface area contributed by atoms with Crippen LogP contribution in [0.4, 0.5) is 0 Å². The lowest BCUT2D eigenvalue weighted by Crippen LogP contribution is -2.37. The fourth-order valence-corrected chi connectivity index (χ4v) is 1.86. The molecule has 3 heteroatoms. The summed E-state index contributed by atoms with van der Waals surface area (Å²) in [6.45, 7) is 5.09. The first-order chi connectivity index (χ1) is 6.72. The van der Waals surface area contributed by atoms with E-state index in [1.807, 2.05) is 0 Å². The summed E-state index contributed by atoms with van der Waals surface area (Å²) >= 11 is 0. The maximum Gasteiger partial charge on any atom is 0.0593 e. The van der Waals surface area contributed by atoms with Crippen molar-refractivity contribution in [3.63, 3.8) is 0 Å². The highest BCUT2D eigenvalue weighted by molar-refractivity contribution is 5.01. The summed E-state index contributed by atoms with van der Waals surface area (Å²) in [7, 11) is 0. The molecule has 14 heavy (non-hydrogen) atoms. The van der Waals surface area contributed by atoms with Crippen LogP contribution in [0.1, 0.15) is 39.5 Å². The second-order valence-corrected chi connectivity index (χ2v) is 4.24. The predicted molar refractivity (Wildman–Crippen MR) is 58.8 cm³/mol. The molecule has 0 aromatic carbocycles. The molecule has 1 fully saturated rings. The largest absolute Gasteiger partial charge is 0.378 e. The standard InChI is InChI=1S/C11H22N2O/c1-9(2)7-10(13-12)8-11-5-3-4-6-14-11/h7,10-11,13H,3-6,8,12H2,1-2H3. The highest BCUT2D eigenvalue weighted by Gasteiger charge is 2.17. The number of nitrogens with two attached hydrogens (primary N) is 1. The fraction of sp³-hybridized carbons (Fsp3) is 0.818. The van der Waals surface area contributed by atoms with Crippen LogP contribution in [0.15, 0.2) is 11.6 Å². The Morgan fingerprint density at radius 2 is 2.36 bits per heavy atom. The fourth-order valence-electron chi connectivity index (χ4n) is 1.86. The van der Waals surface area contributed by atoms with Crippen LogP contribution >= 0.6 is 0 Å². The van der Waals surface area contributed by atoms with Crippen LogP contribution in [0.3, 0.4) is 0 Å². The van der Waals surface area contributed by atoms with E-state index in [4.69, 9.17) is 10.6 Å². The Kier molecular flexibility index (Phi) is 5.15. The lowest BCUT2D eigenvalue weighted by Gasteiger charge is -2.25. The number of nitrogens with one attached hydrogen (secondary N) is 1. The number of hydrogen-bond acceptors (Lipinski definition) is 3. The molecule has 1 aliphatic rings. The van der Waals surface area contributed by atoms with Gasteiger partial charge in [0.2, 0.25) is 0 Å². The van der Waals surface area contributed by atoms with Gasteiger partial charge in [-0.25, -0.2) is 0 Å². The van der Waals surface area contributed by atoms with Gasteiger partial charge in [0.1, 0.15) is 0 Å². The van der Waals surface area contributed by atoms with Crippen LogP contribution in [0, 0.1) is 0 Å². The predicted octanol–water partition coefficient (Wildman–Crippen LogP) is 1.74. The maximum absolute atomic E-state index is 5.67. The molecule has 82 valence electrons. The van der Waals surface area contributed by atoms with Gasteiger partial charge in [-0.2, -0.15) is 0 Å². The molecule has 1 saturated heterocycles. The molecule has 0 amide bonds. The summed E-state index contributed by atoms with van der Waals surface area (Å²) < 4.78 is 5.67. The summed E-state index contributed by atoms with van der Waals surface area (Å²) in [6.07, 6.45) is 7.21. The zero-order chi connectivity index (χ0) is 10.4. The van der Waals surface area contributed by atoms with E-state index >= 15 is 0 Å². The van der Waals surface area contributed by atoms with Crippen molar-refractivity contribution in [1.29, 1.82) is 0 Å². The molecule has 0 saturated carbocycles. The molecule has 0 aromatic heterocycles. The van der Waals surface area contributed by atoms with Gasteiger partial charge in [0.15, 0.2) is 0 Å². The van der Waals surface area contributed by atoms with E-state index in [0.717, 1.165) is 13.0 Å². The second-order valence-electron chi connectivity index (χ2n) is 4.24. The molecular weight excluding hydrogens is 176 g/mol. The molecule has 0 radical (unpaired) electrons. The van der Waals surface area contributed by atoms with Crippen LogP contribution in [-0.2, 0) is 4.74 Å². The van der Waals surface area contributed by atoms with Gasteiger partial charge in [0.25, 0.3) is 0 Å². The highest BCUT2D eigenvalue weighted by atomic mass is 16.5. The molecule has 0 aromatic rings. The first kappa shape index (κ1) is 11.7. The Hall–Kier alpha value is -0.380. The van der Waals surface area contributed by atoms with Crippen LogP contribution in [0.25, 0.3) is 0 Å². The summed E-state index contributed by atoms with van der Waals surface area (Å²) in [4.78, 5) is 0. The summed E-state index contributed by atoms with van der Waals surface area (Å²) in [5, 5.41) is 0. The normalized spacial score (nSPS) is 24.4. The lowest BCUT2D eigenvalue weighted by molar-refractivity contribution is 0.00782. The van der Waals surface area contributed by atoms with Gasteiger partial charge in [-0.3, -0.25) is 11.3 Å². The van der Waals surface area contributed by atoms with Crippen LogP contribution in [0.5, 0.6) is 0 Å². The summed E-state index contributed by atoms with van der Waals surface area (Å²) in [5.74, 6) is 5.49. The lowest BCUT2D eigenvalue weighted by atomic mass is 10.0. The molecule has 1 rings (SSSR count). The zero-order valence-electron chi connectivity index (χ0n) is 9.25. The van der Waals surface area contributed by atoms with Crippen molar-refractivity contribution >= 4 is 0 Å². The quantitative estimate of drug-likeness (QED) is 0.411. The van der Waals surface area contributed by atoms with E-state index in [1.165, 1.54) is 24.8 Å². The van der Waals surface area contributed by atoms with Gasteiger partial charge in [0.05, 0.1) is 6.10 Å². The third-order valence-corrected chi connectivity index (χ3v) is 2.54. The number of allylic oxidation sites excluding steroid dienone is 1. The van der Waals surface area contributed by atoms with Gasteiger partial charge in [0, 0.05) is 12.6 Å². The first-order valence-corrected chi connectivity index (χ1v) is 5.45. The Bertz CT molecular complexity index is 182. The number of rotatable bonds is 4. The van der Waals surface area contributed by atoms with E-state index in [-0.39, 0.29) is 6.04 Å². The molecule has 1 heterocycles. The number of hydrogen-bond donors (Lipinski definition) is 2. The average molecular weight is 198 g/mol. The van der Waals surface area contributed by atoms with Crippen LogP contribution in [0.2, 0.25) is 0 Å². The van der Waals surface area contributed by atoms with Crippen molar-refractivity contribution in [1.82, 2.24) is 5.43 Å². The maximum atomic E-state index is 5.67. The average Bonchev–Trinajstić information content (AvgIpc) is 2.17. The van der Waals surface area contributed by atoms with E-state index in [9.17, 15) is 0 Å². The first-order valence-electron chi connectivity index (χ1n) is 5.45. The van der Waals surface area contributed by atoms with Gasteiger partial charge < -0.3 is 4.74 Å². The molecule has 3 nitrogen and oxygen atoms in total. The minimum atomic E-state index is 0.253. The van der Waals surface area contributed by atoms with Crippen LogP contribution < -0.4 is 11.3 Å². The monoisotopic (exact) mass is 198 g/mol. The molecular formula is C11H22N2O. The molecule has 1 aliphatic heterocycles. The van der Waals surface area contributed by atoms with E-state index in [2.05, 4.69) is 25.3 Å². The zero-order valence-corrected chi connectivity index (χ0v) is 9.25. The second kappa shape index (κ2) is 6.17. The molecule has 0 spiro atoms. The molecule has 0 aliphatic carbocycles. The van der Waals surface area contributed by atoms with Gasteiger partial charge in [-0.1, -0.05) is 11.6 Å². The highest BCUT2D eigenvalue weighted by Crippen LogP contribution is 2.17. The van der Waals surface area contributed by atoms with Crippen molar-refractivity contribution in [2.24, 2.45) is 5.84 Å².